The van der Waals surface area contributed by atoms with E-state index >= 15 is 0 Å². The summed E-state index contributed by atoms with van der Waals surface area (Å²) in [4.78, 5) is 22.0. The lowest BCUT2D eigenvalue weighted by Gasteiger charge is -2.03. The predicted octanol–water partition coefficient (Wildman–Crippen LogP) is 3.40. The smallest absolute Gasteiger partial charge is 0.267 e. The second-order valence-electron chi connectivity index (χ2n) is 4.45. The van der Waals surface area contributed by atoms with Crippen molar-refractivity contribution in [2.45, 2.75) is 6.92 Å². The van der Waals surface area contributed by atoms with Gasteiger partial charge in [-0.25, -0.2) is 5.43 Å². The standard InChI is InChI=1S/C15H12ClN3O3/c1-10(11-5-7-14(8-6-11)19(21)22)17-18-15(20)12-3-2-4-13(16)9-12/h2-9H,1H3,(H,18,20). The van der Waals surface area contributed by atoms with Gasteiger partial charge in [-0.15, -0.1) is 0 Å². The van der Waals surface area contributed by atoms with Gasteiger partial charge in [0.15, 0.2) is 0 Å². The highest BCUT2D eigenvalue weighted by molar-refractivity contribution is 6.30. The molecule has 0 radical (unpaired) electrons. The number of hydrogen-bond acceptors (Lipinski definition) is 4. The fraction of sp³-hybridized carbons (Fsp3) is 0.0667. The van der Waals surface area contributed by atoms with Gasteiger partial charge >= 0.3 is 0 Å². The van der Waals surface area contributed by atoms with Crippen LogP contribution in [0.25, 0.3) is 0 Å². The fourth-order valence-corrected chi connectivity index (χ4v) is 1.91. The summed E-state index contributed by atoms with van der Waals surface area (Å²) in [6, 6.07) is 12.4. The lowest BCUT2D eigenvalue weighted by molar-refractivity contribution is -0.384. The summed E-state index contributed by atoms with van der Waals surface area (Å²) in [7, 11) is 0. The van der Waals surface area contributed by atoms with Crippen LogP contribution in [0.3, 0.4) is 0 Å². The van der Waals surface area contributed by atoms with Gasteiger partial charge in [0.2, 0.25) is 0 Å². The van der Waals surface area contributed by atoms with Crippen LogP contribution in [-0.2, 0) is 0 Å². The zero-order valence-corrected chi connectivity index (χ0v) is 12.4. The molecule has 0 saturated carbocycles. The molecule has 2 aromatic rings. The molecular weight excluding hydrogens is 306 g/mol. The Morgan fingerprint density at radius 3 is 2.45 bits per heavy atom. The second-order valence-corrected chi connectivity index (χ2v) is 4.89. The maximum Gasteiger partial charge on any atom is 0.271 e. The Hall–Kier alpha value is -2.73. The number of carbonyl (C=O) groups excluding carboxylic acids is 1. The monoisotopic (exact) mass is 317 g/mol. The maximum atomic E-state index is 11.9. The van der Waals surface area contributed by atoms with Crippen LogP contribution >= 0.6 is 11.6 Å². The van der Waals surface area contributed by atoms with Crippen LogP contribution in [-0.4, -0.2) is 16.5 Å². The molecule has 0 aliphatic rings. The molecule has 2 aromatic carbocycles. The number of hydrogen-bond donors (Lipinski definition) is 1. The summed E-state index contributed by atoms with van der Waals surface area (Å²) >= 11 is 5.82. The van der Waals surface area contributed by atoms with Gasteiger partial charge in [-0.05, 0) is 42.8 Å². The molecule has 0 atom stereocenters. The van der Waals surface area contributed by atoms with E-state index in [0.29, 0.717) is 21.9 Å². The Kier molecular flexibility index (Phi) is 4.85. The number of nitrogens with one attached hydrogen (secondary N) is 1. The number of benzene rings is 2. The van der Waals surface area contributed by atoms with Crippen LogP contribution in [0.15, 0.2) is 53.6 Å². The number of hydrazone groups is 1. The van der Waals surface area contributed by atoms with Gasteiger partial charge in [-0.2, -0.15) is 5.10 Å². The largest absolute Gasteiger partial charge is 0.271 e. The molecule has 0 spiro atoms. The Labute approximate surface area is 131 Å². The minimum atomic E-state index is -0.475. The Morgan fingerprint density at radius 2 is 1.86 bits per heavy atom. The number of rotatable bonds is 4. The first-order chi connectivity index (χ1) is 10.5. The van der Waals surface area contributed by atoms with Crippen LogP contribution in [0.4, 0.5) is 5.69 Å². The molecule has 0 aliphatic heterocycles. The topological polar surface area (TPSA) is 84.6 Å². The van der Waals surface area contributed by atoms with Crippen molar-refractivity contribution < 1.29 is 9.72 Å². The van der Waals surface area contributed by atoms with E-state index < -0.39 is 4.92 Å². The zero-order chi connectivity index (χ0) is 16.1. The summed E-state index contributed by atoms with van der Waals surface area (Å²) in [5.74, 6) is -0.385. The van der Waals surface area contributed by atoms with Crippen molar-refractivity contribution in [3.63, 3.8) is 0 Å². The van der Waals surface area contributed by atoms with Crippen molar-refractivity contribution in [1.29, 1.82) is 0 Å². The van der Waals surface area contributed by atoms with Gasteiger partial charge in [-0.3, -0.25) is 14.9 Å². The molecule has 0 bridgehead atoms. The molecule has 0 aromatic heterocycles. The number of carbonyl (C=O) groups is 1. The molecular formula is C15H12ClN3O3. The Balaban J connectivity index is 2.09. The van der Waals surface area contributed by atoms with E-state index in [1.807, 2.05) is 0 Å². The van der Waals surface area contributed by atoms with E-state index in [4.69, 9.17) is 11.6 Å². The lowest BCUT2D eigenvalue weighted by Crippen LogP contribution is -2.19. The number of nitro benzene ring substituents is 1. The Bertz CT molecular complexity index is 742. The maximum absolute atomic E-state index is 11.9. The number of amides is 1. The van der Waals surface area contributed by atoms with Gasteiger partial charge < -0.3 is 0 Å². The third-order valence-electron chi connectivity index (χ3n) is 2.91. The highest BCUT2D eigenvalue weighted by Crippen LogP contribution is 2.13. The lowest BCUT2D eigenvalue weighted by atomic mass is 10.1. The molecule has 0 unspecified atom stereocenters. The molecule has 2 rings (SSSR count). The van der Waals surface area contributed by atoms with Gasteiger partial charge in [0.1, 0.15) is 0 Å². The van der Waals surface area contributed by atoms with E-state index in [-0.39, 0.29) is 11.6 Å². The number of halogens is 1. The van der Waals surface area contributed by atoms with Crippen LogP contribution in [0.1, 0.15) is 22.8 Å². The van der Waals surface area contributed by atoms with Crippen LogP contribution in [0.5, 0.6) is 0 Å². The van der Waals surface area contributed by atoms with Crippen LogP contribution in [0, 0.1) is 10.1 Å². The third kappa shape index (κ3) is 3.89. The van der Waals surface area contributed by atoms with Crippen molar-refractivity contribution in [3.8, 4) is 0 Å². The molecule has 0 fully saturated rings. The zero-order valence-electron chi connectivity index (χ0n) is 11.6. The van der Waals surface area contributed by atoms with Crippen LogP contribution in [0.2, 0.25) is 5.02 Å². The molecule has 0 heterocycles. The molecule has 7 heteroatoms. The molecule has 1 amide bonds. The number of nitro groups is 1. The molecule has 1 N–H and O–H groups in total. The predicted molar refractivity (Wildman–Crippen MR) is 84.2 cm³/mol. The average Bonchev–Trinajstić information content (AvgIpc) is 2.52. The molecule has 6 nitrogen and oxygen atoms in total. The minimum absolute atomic E-state index is 0.000451. The minimum Gasteiger partial charge on any atom is -0.267 e. The van der Waals surface area contributed by atoms with E-state index in [0.717, 1.165) is 0 Å². The molecule has 0 aliphatic carbocycles. The fourth-order valence-electron chi connectivity index (χ4n) is 1.72. The van der Waals surface area contributed by atoms with Crippen molar-refractivity contribution in [2.24, 2.45) is 5.10 Å². The summed E-state index contributed by atoms with van der Waals surface area (Å²) in [6.07, 6.45) is 0. The summed E-state index contributed by atoms with van der Waals surface area (Å²) in [5, 5.41) is 15.0. The molecule has 0 saturated heterocycles. The van der Waals surface area contributed by atoms with Gasteiger partial charge in [0, 0.05) is 22.7 Å². The average molecular weight is 318 g/mol. The summed E-state index contributed by atoms with van der Waals surface area (Å²) < 4.78 is 0. The quantitative estimate of drug-likeness (QED) is 0.533. The second kappa shape index (κ2) is 6.82. The van der Waals surface area contributed by atoms with Gasteiger partial charge in [0.25, 0.3) is 11.6 Å². The third-order valence-corrected chi connectivity index (χ3v) is 3.14. The SMILES string of the molecule is CC(=NNC(=O)c1cccc(Cl)c1)c1ccc([N+](=O)[O-])cc1. The van der Waals surface area contributed by atoms with Gasteiger partial charge in [-0.1, -0.05) is 17.7 Å². The molecule has 22 heavy (non-hydrogen) atoms. The van der Waals surface area contributed by atoms with Crippen molar-refractivity contribution in [1.82, 2.24) is 5.43 Å². The van der Waals surface area contributed by atoms with E-state index in [9.17, 15) is 14.9 Å². The van der Waals surface area contributed by atoms with E-state index in [1.54, 1.807) is 37.3 Å². The first kappa shape index (κ1) is 15.7. The summed E-state index contributed by atoms with van der Waals surface area (Å²) in [6.45, 7) is 1.69. The van der Waals surface area contributed by atoms with Crippen molar-refractivity contribution >= 4 is 28.9 Å². The molecule has 112 valence electrons. The van der Waals surface area contributed by atoms with Crippen molar-refractivity contribution in [3.05, 3.63) is 74.8 Å². The number of non-ortho nitro benzene ring substituents is 1. The highest BCUT2D eigenvalue weighted by atomic mass is 35.5. The highest BCUT2D eigenvalue weighted by Gasteiger charge is 2.07. The first-order valence-electron chi connectivity index (χ1n) is 6.32. The number of nitrogens with zero attached hydrogens (tertiary/aromatic N) is 2. The van der Waals surface area contributed by atoms with E-state index in [1.165, 1.54) is 18.2 Å². The van der Waals surface area contributed by atoms with Crippen molar-refractivity contribution in [2.75, 3.05) is 0 Å². The van der Waals surface area contributed by atoms with Crippen LogP contribution < -0.4 is 5.43 Å². The first-order valence-corrected chi connectivity index (χ1v) is 6.70. The summed E-state index contributed by atoms with van der Waals surface area (Å²) in [5.41, 5.74) is 4.02. The van der Waals surface area contributed by atoms with E-state index in [2.05, 4.69) is 10.5 Å². The normalized spacial score (nSPS) is 11.1. The van der Waals surface area contributed by atoms with Gasteiger partial charge in [0.05, 0.1) is 10.6 Å². The Morgan fingerprint density at radius 1 is 1.18 bits per heavy atom.